The Morgan fingerprint density at radius 2 is 2.24 bits per heavy atom. The third-order valence-corrected chi connectivity index (χ3v) is 4.03. The molecule has 3 atom stereocenters. The highest BCUT2D eigenvalue weighted by Gasteiger charge is 2.36. The third kappa shape index (κ3) is 3.11. The maximum absolute atomic E-state index is 11.9. The van der Waals surface area contributed by atoms with Crippen molar-refractivity contribution in [3.05, 3.63) is 0 Å². The molecule has 0 aromatic carbocycles. The number of thioether (sulfide) groups is 1. The molecule has 7 heteroatoms. The van der Waals surface area contributed by atoms with Gasteiger partial charge in [0, 0.05) is 18.1 Å². The first-order valence-electron chi connectivity index (χ1n) is 5.60. The van der Waals surface area contributed by atoms with E-state index >= 15 is 0 Å². The van der Waals surface area contributed by atoms with Crippen molar-refractivity contribution < 1.29 is 19.4 Å². The molecule has 0 aliphatic carbocycles. The van der Waals surface area contributed by atoms with Crippen molar-refractivity contribution in [2.75, 3.05) is 31.3 Å². The Bertz CT molecular complexity index is 307. The Labute approximate surface area is 103 Å². The molecule has 3 unspecified atom stereocenters. The van der Waals surface area contributed by atoms with Crippen LogP contribution in [0.3, 0.4) is 0 Å². The molecule has 0 radical (unpaired) electrons. The third-order valence-electron chi connectivity index (χ3n) is 2.96. The van der Waals surface area contributed by atoms with Crippen molar-refractivity contribution in [1.29, 1.82) is 0 Å². The summed E-state index contributed by atoms with van der Waals surface area (Å²) in [6, 6.07) is -0.627. The van der Waals surface area contributed by atoms with E-state index in [0.717, 1.165) is 18.1 Å². The summed E-state index contributed by atoms with van der Waals surface area (Å²) >= 11 is 1.73. The van der Waals surface area contributed by atoms with Crippen molar-refractivity contribution in [2.24, 2.45) is 5.92 Å². The zero-order valence-corrected chi connectivity index (χ0v) is 10.2. The summed E-state index contributed by atoms with van der Waals surface area (Å²) in [6.45, 7) is 1.27. The van der Waals surface area contributed by atoms with E-state index in [1.165, 1.54) is 0 Å². The Morgan fingerprint density at radius 3 is 2.88 bits per heavy atom. The number of carboxylic acid groups (broad SMARTS) is 1. The predicted octanol–water partition coefficient (Wildman–Crippen LogP) is -1.09. The number of carboxylic acids is 1. The minimum absolute atomic E-state index is 0.126. The molecule has 2 heterocycles. The first-order valence-corrected chi connectivity index (χ1v) is 6.76. The summed E-state index contributed by atoms with van der Waals surface area (Å²) in [5.74, 6) is 0.0681. The molecular weight excluding hydrogens is 244 g/mol. The van der Waals surface area contributed by atoms with Crippen LogP contribution in [0.2, 0.25) is 0 Å². The summed E-state index contributed by atoms with van der Waals surface area (Å²) in [5.41, 5.74) is 0. The number of rotatable bonds is 3. The molecule has 2 fully saturated rings. The lowest BCUT2D eigenvalue weighted by atomic mass is 10.0. The summed E-state index contributed by atoms with van der Waals surface area (Å²) < 4.78 is 5.10. The van der Waals surface area contributed by atoms with E-state index in [4.69, 9.17) is 9.84 Å². The smallest absolute Gasteiger partial charge is 0.311 e. The monoisotopic (exact) mass is 260 g/mol. The van der Waals surface area contributed by atoms with Crippen LogP contribution in [0.4, 0.5) is 0 Å². The molecule has 2 aliphatic heterocycles. The van der Waals surface area contributed by atoms with Crippen molar-refractivity contribution in [1.82, 2.24) is 10.6 Å². The fraction of sp³-hybridized carbons (Fsp3) is 0.800. The number of nitrogens with one attached hydrogen (secondary N) is 2. The van der Waals surface area contributed by atoms with Gasteiger partial charge in [0.1, 0.15) is 5.92 Å². The standard InChI is InChI=1S/C10H16N2O4S/c13-9(8-5-17-2-1-11-8)12-7-4-16-3-6(7)10(14)15/h6-8,11H,1-5H2,(H,12,13)(H,14,15). The van der Waals surface area contributed by atoms with Gasteiger partial charge in [0.2, 0.25) is 5.91 Å². The van der Waals surface area contributed by atoms with Crippen LogP contribution in [0.25, 0.3) is 0 Å². The van der Waals surface area contributed by atoms with E-state index in [9.17, 15) is 9.59 Å². The first-order chi connectivity index (χ1) is 8.18. The van der Waals surface area contributed by atoms with Gasteiger partial charge in [0.15, 0.2) is 0 Å². The average Bonchev–Trinajstić information content (AvgIpc) is 2.78. The lowest BCUT2D eigenvalue weighted by Gasteiger charge is -2.24. The zero-order chi connectivity index (χ0) is 12.3. The molecule has 2 saturated heterocycles. The van der Waals surface area contributed by atoms with Crippen molar-refractivity contribution in [3.63, 3.8) is 0 Å². The molecule has 96 valence electrons. The van der Waals surface area contributed by atoms with E-state index in [0.29, 0.717) is 0 Å². The van der Waals surface area contributed by atoms with Crippen LogP contribution >= 0.6 is 11.8 Å². The molecule has 0 saturated carbocycles. The molecule has 6 nitrogen and oxygen atoms in total. The van der Waals surface area contributed by atoms with E-state index in [1.54, 1.807) is 11.8 Å². The van der Waals surface area contributed by atoms with Crippen LogP contribution in [0.1, 0.15) is 0 Å². The number of hydrogen-bond acceptors (Lipinski definition) is 5. The van der Waals surface area contributed by atoms with Crippen LogP contribution in [0.5, 0.6) is 0 Å². The molecule has 0 spiro atoms. The van der Waals surface area contributed by atoms with Crippen LogP contribution in [0.15, 0.2) is 0 Å². The molecular formula is C10H16N2O4S. The Balaban J connectivity index is 1.86. The summed E-state index contributed by atoms with van der Waals surface area (Å²) in [6.07, 6.45) is 0. The second-order valence-corrected chi connectivity index (χ2v) is 5.33. The van der Waals surface area contributed by atoms with Crippen LogP contribution in [-0.4, -0.2) is 60.3 Å². The molecule has 0 bridgehead atoms. The van der Waals surface area contributed by atoms with E-state index in [-0.39, 0.29) is 25.2 Å². The number of aliphatic carboxylic acids is 1. The average molecular weight is 260 g/mol. The highest BCUT2D eigenvalue weighted by atomic mass is 32.2. The van der Waals surface area contributed by atoms with E-state index in [1.807, 2.05) is 0 Å². The highest BCUT2D eigenvalue weighted by Crippen LogP contribution is 2.15. The molecule has 17 heavy (non-hydrogen) atoms. The Morgan fingerprint density at radius 1 is 1.41 bits per heavy atom. The molecule has 2 aliphatic rings. The molecule has 0 aromatic rings. The van der Waals surface area contributed by atoms with Gasteiger partial charge in [-0.2, -0.15) is 11.8 Å². The Hall–Kier alpha value is -0.790. The quantitative estimate of drug-likeness (QED) is 0.597. The van der Waals surface area contributed by atoms with Crippen molar-refractivity contribution >= 4 is 23.6 Å². The largest absolute Gasteiger partial charge is 0.481 e. The second kappa shape index (κ2) is 5.70. The predicted molar refractivity (Wildman–Crippen MR) is 63.0 cm³/mol. The van der Waals surface area contributed by atoms with Gasteiger partial charge >= 0.3 is 5.97 Å². The number of hydrogen-bond donors (Lipinski definition) is 3. The van der Waals surface area contributed by atoms with Gasteiger partial charge < -0.3 is 20.5 Å². The van der Waals surface area contributed by atoms with Gasteiger partial charge in [-0.3, -0.25) is 9.59 Å². The topological polar surface area (TPSA) is 87.7 Å². The molecule has 2 rings (SSSR count). The maximum Gasteiger partial charge on any atom is 0.311 e. The minimum Gasteiger partial charge on any atom is -0.481 e. The van der Waals surface area contributed by atoms with Gasteiger partial charge in [0.25, 0.3) is 0 Å². The van der Waals surface area contributed by atoms with Crippen LogP contribution < -0.4 is 10.6 Å². The first kappa shape index (κ1) is 12.7. The zero-order valence-electron chi connectivity index (χ0n) is 9.35. The van der Waals surface area contributed by atoms with Crippen LogP contribution in [-0.2, 0) is 14.3 Å². The molecule has 3 N–H and O–H groups in total. The highest BCUT2D eigenvalue weighted by molar-refractivity contribution is 7.99. The SMILES string of the molecule is O=C(NC1COCC1C(=O)O)C1CSCCN1. The molecule has 0 aromatic heterocycles. The van der Waals surface area contributed by atoms with Crippen molar-refractivity contribution in [2.45, 2.75) is 12.1 Å². The summed E-state index contributed by atoms with van der Waals surface area (Å²) in [7, 11) is 0. The number of amides is 1. The van der Waals surface area contributed by atoms with Gasteiger partial charge in [-0.1, -0.05) is 0 Å². The Kier molecular flexibility index (Phi) is 4.25. The number of carbonyl (C=O) groups excluding carboxylic acids is 1. The number of ether oxygens (including phenoxy) is 1. The van der Waals surface area contributed by atoms with E-state index in [2.05, 4.69) is 10.6 Å². The maximum atomic E-state index is 11.9. The fourth-order valence-corrected chi connectivity index (χ4v) is 2.89. The molecule has 1 amide bonds. The fourth-order valence-electron chi connectivity index (χ4n) is 1.96. The lowest BCUT2D eigenvalue weighted by Crippen LogP contribution is -2.53. The summed E-state index contributed by atoms with van der Waals surface area (Å²) in [5, 5.41) is 14.8. The lowest BCUT2D eigenvalue weighted by molar-refractivity contribution is -0.142. The normalized spacial score (nSPS) is 33.3. The van der Waals surface area contributed by atoms with Gasteiger partial charge in [-0.25, -0.2) is 0 Å². The van der Waals surface area contributed by atoms with Crippen LogP contribution in [0, 0.1) is 5.92 Å². The van der Waals surface area contributed by atoms with E-state index < -0.39 is 17.9 Å². The minimum atomic E-state index is -0.918. The number of carbonyl (C=O) groups is 2. The van der Waals surface area contributed by atoms with Gasteiger partial charge in [0.05, 0.1) is 25.3 Å². The second-order valence-electron chi connectivity index (χ2n) is 4.18. The summed E-state index contributed by atoms with van der Waals surface area (Å²) in [4.78, 5) is 22.8. The van der Waals surface area contributed by atoms with Gasteiger partial charge in [-0.15, -0.1) is 0 Å². The van der Waals surface area contributed by atoms with Crippen molar-refractivity contribution in [3.8, 4) is 0 Å². The van der Waals surface area contributed by atoms with Gasteiger partial charge in [-0.05, 0) is 0 Å².